The van der Waals surface area contributed by atoms with Gasteiger partial charge in [-0.1, -0.05) is 6.92 Å². The van der Waals surface area contributed by atoms with Crippen LogP contribution in [-0.4, -0.2) is 18.0 Å². The molecule has 2 bridgehead atoms. The van der Waals surface area contributed by atoms with Gasteiger partial charge >= 0.3 is 0 Å². The first-order valence-electron chi connectivity index (χ1n) is 6.19. The van der Waals surface area contributed by atoms with E-state index in [1.165, 1.54) is 19.3 Å². The molecule has 0 aromatic heterocycles. The maximum Gasteiger partial charge on any atom is 0.225 e. The fraction of sp³-hybridized carbons (Fsp3) is 0.917. The van der Waals surface area contributed by atoms with E-state index in [0.29, 0.717) is 11.8 Å². The molecule has 2 aliphatic rings. The van der Waals surface area contributed by atoms with Gasteiger partial charge in [-0.2, -0.15) is 0 Å². The SMILES string of the molecule is CCC(C)NC(=O)C1C2CCC(C2)C1N.Cl. The number of hydrogen-bond donors (Lipinski definition) is 2. The molecule has 5 atom stereocenters. The number of carbonyl (C=O) groups excluding carboxylic acids is 1. The molecule has 5 unspecified atom stereocenters. The summed E-state index contributed by atoms with van der Waals surface area (Å²) < 4.78 is 0. The van der Waals surface area contributed by atoms with Gasteiger partial charge in [0.05, 0.1) is 5.92 Å². The van der Waals surface area contributed by atoms with Crippen molar-refractivity contribution in [1.29, 1.82) is 0 Å². The van der Waals surface area contributed by atoms with Crippen LogP contribution in [0.4, 0.5) is 0 Å². The number of rotatable bonds is 3. The Bertz CT molecular complexity index is 257. The lowest BCUT2D eigenvalue weighted by Gasteiger charge is -2.28. The van der Waals surface area contributed by atoms with Gasteiger partial charge in [-0.3, -0.25) is 4.79 Å². The summed E-state index contributed by atoms with van der Waals surface area (Å²) in [4.78, 5) is 12.0. The van der Waals surface area contributed by atoms with Crippen LogP contribution in [-0.2, 0) is 4.79 Å². The standard InChI is InChI=1S/C12H22N2O.ClH/c1-3-7(2)14-12(15)10-8-4-5-9(6-8)11(10)13;/h7-11H,3-6,13H2,1-2H3,(H,14,15);1H. The minimum atomic E-state index is 0. The first-order valence-corrected chi connectivity index (χ1v) is 6.19. The Morgan fingerprint density at radius 2 is 2.06 bits per heavy atom. The highest BCUT2D eigenvalue weighted by Gasteiger charge is 2.49. The summed E-state index contributed by atoms with van der Waals surface area (Å²) in [6, 6.07) is 0.400. The quantitative estimate of drug-likeness (QED) is 0.797. The smallest absolute Gasteiger partial charge is 0.225 e. The fourth-order valence-corrected chi connectivity index (χ4v) is 3.17. The highest BCUT2D eigenvalue weighted by atomic mass is 35.5. The van der Waals surface area contributed by atoms with Crippen molar-refractivity contribution in [1.82, 2.24) is 5.32 Å². The van der Waals surface area contributed by atoms with Gasteiger partial charge < -0.3 is 11.1 Å². The molecule has 4 heteroatoms. The number of hydrogen-bond acceptors (Lipinski definition) is 2. The van der Waals surface area contributed by atoms with Gasteiger partial charge in [-0.05, 0) is 44.4 Å². The molecular weight excluding hydrogens is 224 g/mol. The van der Waals surface area contributed by atoms with Gasteiger partial charge in [0.15, 0.2) is 0 Å². The Morgan fingerprint density at radius 3 is 2.56 bits per heavy atom. The molecule has 3 nitrogen and oxygen atoms in total. The highest BCUT2D eigenvalue weighted by Crippen LogP contribution is 2.47. The zero-order valence-corrected chi connectivity index (χ0v) is 10.9. The molecule has 3 N–H and O–H groups in total. The van der Waals surface area contributed by atoms with E-state index in [1.54, 1.807) is 0 Å². The van der Waals surface area contributed by atoms with Crippen LogP contribution in [0.5, 0.6) is 0 Å². The molecule has 0 aliphatic heterocycles. The largest absolute Gasteiger partial charge is 0.353 e. The third kappa shape index (κ3) is 2.35. The maximum absolute atomic E-state index is 12.0. The molecule has 0 saturated heterocycles. The summed E-state index contributed by atoms with van der Waals surface area (Å²) >= 11 is 0. The number of carbonyl (C=O) groups is 1. The summed E-state index contributed by atoms with van der Waals surface area (Å²) in [7, 11) is 0. The topological polar surface area (TPSA) is 55.1 Å². The van der Waals surface area contributed by atoms with E-state index in [9.17, 15) is 4.79 Å². The van der Waals surface area contributed by atoms with Crippen molar-refractivity contribution < 1.29 is 4.79 Å². The van der Waals surface area contributed by atoms with E-state index in [1.807, 2.05) is 0 Å². The Labute approximate surface area is 104 Å². The van der Waals surface area contributed by atoms with Crippen LogP contribution in [0.25, 0.3) is 0 Å². The number of nitrogens with one attached hydrogen (secondary N) is 1. The van der Waals surface area contributed by atoms with Gasteiger partial charge in [0, 0.05) is 12.1 Å². The Hall–Kier alpha value is -0.280. The normalized spacial score (nSPS) is 37.9. The monoisotopic (exact) mass is 246 g/mol. The minimum absolute atomic E-state index is 0. The van der Waals surface area contributed by atoms with E-state index in [2.05, 4.69) is 19.2 Å². The van der Waals surface area contributed by atoms with Crippen molar-refractivity contribution in [3.63, 3.8) is 0 Å². The van der Waals surface area contributed by atoms with Gasteiger partial charge in [0.25, 0.3) is 0 Å². The molecule has 16 heavy (non-hydrogen) atoms. The summed E-state index contributed by atoms with van der Waals surface area (Å²) in [5.41, 5.74) is 6.12. The van der Waals surface area contributed by atoms with Crippen LogP contribution < -0.4 is 11.1 Å². The second-order valence-electron chi connectivity index (χ2n) is 5.25. The predicted octanol–water partition coefficient (Wildman–Crippen LogP) is 1.70. The lowest BCUT2D eigenvalue weighted by Crippen LogP contribution is -2.47. The summed E-state index contributed by atoms with van der Waals surface area (Å²) in [5, 5.41) is 3.07. The predicted molar refractivity (Wildman–Crippen MR) is 67.4 cm³/mol. The van der Waals surface area contributed by atoms with Crippen molar-refractivity contribution in [3.8, 4) is 0 Å². The van der Waals surface area contributed by atoms with Crippen molar-refractivity contribution in [2.75, 3.05) is 0 Å². The Kier molecular flexibility index (Phi) is 4.62. The molecule has 0 spiro atoms. The van der Waals surface area contributed by atoms with E-state index in [4.69, 9.17) is 5.73 Å². The molecule has 0 aromatic rings. The Balaban J connectivity index is 0.00000128. The average Bonchev–Trinajstić information content (AvgIpc) is 2.77. The van der Waals surface area contributed by atoms with Crippen LogP contribution in [0.2, 0.25) is 0 Å². The van der Waals surface area contributed by atoms with Crippen molar-refractivity contribution in [2.24, 2.45) is 23.5 Å². The number of nitrogens with two attached hydrogens (primary N) is 1. The van der Waals surface area contributed by atoms with Crippen molar-refractivity contribution >= 4 is 18.3 Å². The minimum Gasteiger partial charge on any atom is -0.353 e. The summed E-state index contributed by atoms with van der Waals surface area (Å²) in [6.07, 6.45) is 4.61. The molecule has 2 aliphatic carbocycles. The van der Waals surface area contributed by atoms with E-state index in [0.717, 1.165) is 6.42 Å². The molecule has 94 valence electrons. The average molecular weight is 247 g/mol. The molecule has 2 saturated carbocycles. The van der Waals surface area contributed by atoms with E-state index < -0.39 is 0 Å². The van der Waals surface area contributed by atoms with Gasteiger partial charge in [-0.25, -0.2) is 0 Å². The van der Waals surface area contributed by atoms with Crippen LogP contribution >= 0.6 is 12.4 Å². The lowest BCUT2D eigenvalue weighted by atomic mass is 9.84. The van der Waals surface area contributed by atoms with E-state index in [-0.39, 0.29) is 36.3 Å². The van der Waals surface area contributed by atoms with E-state index >= 15 is 0 Å². The zero-order chi connectivity index (χ0) is 11.0. The van der Waals surface area contributed by atoms with Gasteiger partial charge in [0.2, 0.25) is 5.91 Å². The first-order chi connectivity index (χ1) is 7.13. The first kappa shape index (κ1) is 13.8. The number of amides is 1. The van der Waals surface area contributed by atoms with Gasteiger partial charge in [-0.15, -0.1) is 12.4 Å². The Morgan fingerprint density at radius 1 is 1.44 bits per heavy atom. The molecule has 0 heterocycles. The molecule has 2 fully saturated rings. The second-order valence-corrected chi connectivity index (χ2v) is 5.25. The number of fused-ring (bicyclic) bond motifs is 2. The highest BCUT2D eigenvalue weighted by molar-refractivity contribution is 5.85. The zero-order valence-electron chi connectivity index (χ0n) is 10.1. The molecule has 0 radical (unpaired) electrons. The molecule has 1 amide bonds. The molecule has 0 aromatic carbocycles. The molecular formula is C12H23ClN2O. The summed E-state index contributed by atoms with van der Waals surface area (Å²) in [6.45, 7) is 4.14. The van der Waals surface area contributed by atoms with Gasteiger partial charge in [0.1, 0.15) is 0 Å². The second kappa shape index (κ2) is 5.37. The molecule has 2 rings (SSSR count). The summed E-state index contributed by atoms with van der Waals surface area (Å²) in [5.74, 6) is 1.47. The fourth-order valence-electron chi connectivity index (χ4n) is 3.17. The van der Waals surface area contributed by atoms with Crippen molar-refractivity contribution in [3.05, 3.63) is 0 Å². The number of halogens is 1. The maximum atomic E-state index is 12.0. The lowest BCUT2D eigenvalue weighted by molar-refractivity contribution is -0.127. The van der Waals surface area contributed by atoms with Crippen LogP contribution in [0.3, 0.4) is 0 Å². The van der Waals surface area contributed by atoms with Crippen LogP contribution in [0.1, 0.15) is 39.5 Å². The van der Waals surface area contributed by atoms with Crippen molar-refractivity contribution in [2.45, 2.75) is 51.6 Å². The third-order valence-corrected chi connectivity index (χ3v) is 4.28. The van der Waals surface area contributed by atoms with Crippen LogP contribution in [0.15, 0.2) is 0 Å². The third-order valence-electron chi connectivity index (χ3n) is 4.28. The van der Waals surface area contributed by atoms with Crippen LogP contribution in [0, 0.1) is 17.8 Å².